The van der Waals surface area contributed by atoms with Crippen LogP contribution in [0.4, 0.5) is 0 Å². The molecule has 2 fully saturated rings. The molecule has 0 aliphatic carbocycles. The van der Waals surface area contributed by atoms with Gasteiger partial charge in [0.15, 0.2) is 0 Å². The lowest BCUT2D eigenvalue weighted by molar-refractivity contribution is -0.193. The van der Waals surface area contributed by atoms with E-state index in [2.05, 4.69) is 0 Å². The third kappa shape index (κ3) is 2.92. The van der Waals surface area contributed by atoms with Gasteiger partial charge in [-0.15, -0.1) is 0 Å². The summed E-state index contributed by atoms with van der Waals surface area (Å²) in [4.78, 5) is 29.2. The van der Waals surface area contributed by atoms with Crippen LogP contribution in [-0.2, 0) is 19.1 Å². The summed E-state index contributed by atoms with van der Waals surface area (Å²) in [5, 5.41) is 0. The van der Waals surface area contributed by atoms with Crippen LogP contribution in [0.15, 0.2) is 0 Å². The number of hydrogen-bond acceptors (Lipinski definition) is 6. The lowest BCUT2D eigenvalue weighted by Crippen LogP contribution is -2.72. The SMILES string of the molecule is COC(=O)C(C(=O)OC)(N1CCCCC1)N1CCCCC1. The molecule has 2 aliphatic rings. The van der Waals surface area contributed by atoms with Gasteiger partial charge in [-0.2, -0.15) is 0 Å². The van der Waals surface area contributed by atoms with E-state index in [4.69, 9.17) is 9.47 Å². The maximum Gasteiger partial charge on any atom is 0.353 e. The van der Waals surface area contributed by atoms with Gasteiger partial charge >= 0.3 is 11.9 Å². The van der Waals surface area contributed by atoms with Crippen LogP contribution in [0.1, 0.15) is 38.5 Å². The van der Waals surface area contributed by atoms with Gasteiger partial charge in [0.1, 0.15) is 0 Å². The zero-order valence-corrected chi connectivity index (χ0v) is 13.1. The van der Waals surface area contributed by atoms with Crippen molar-refractivity contribution in [2.75, 3.05) is 40.4 Å². The molecule has 0 atom stereocenters. The third-order valence-corrected chi connectivity index (χ3v) is 4.57. The van der Waals surface area contributed by atoms with E-state index in [1.807, 2.05) is 9.80 Å². The van der Waals surface area contributed by atoms with Crippen molar-refractivity contribution in [1.82, 2.24) is 9.80 Å². The van der Waals surface area contributed by atoms with Gasteiger partial charge in [0.25, 0.3) is 5.66 Å². The Morgan fingerprint density at radius 2 is 1.05 bits per heavy atom. The highest BCUT2D eigenvalue weighted by molar-refractivity contribution is 6.04. The minimum Gasteiger partial charge on any atom is -0.466 e. The van der Waals surface area contributed by atoms with Crippen molar-refractivity contribution in [1.29, 1.82) is 0 Å². The highest BCUT2D eigenvalue weighted by atomic mass is 16.6. The largest absolute Gasteiger partial charge is 0.466 e. The van der Waals surface area contributed by atoms with E-state index in [0.717, 1.165) is 64.7 Å². The zero-order chi connectivity index (χ0) is 15.3. The number of methoxy groups -OCH3 is 2. The molecule has 2 aliphatic heterocycles. The minimum atomic E-state index is -1.40. The van der Waals surface area contributed by atoms with Gasteiger partial charge < -0.3 is 9.47 Å². The van der Waals surface area contributed by atoms with Crippen molar-refractivity contribution in [3.8, 4) is 0 Å². The summed E-state index contributed by atoms with van der Waals surface area (Å²) in [6.07, 6.45) is 6.23. The lowest BCUT2D eigenvalue weighted by Gasteiger charge is -2.48. The normalized spacial score (nSPS) is 21.8. The molecule has 120 valence electrons. The number of ether oxygens (including phenoxy) is 2. The average molecular weight is 298 g/mol. The van der Waals surface area contributed by atoms with Gasteiger partial charge in [-0.1, -0.05) is 12.8 Å². The highest BCUT2D eigenvalue weighted by Gasteiger charge is 2.58. The Bertz CT molecular complexity index is 338. The van der Waals surface area contributed by atoms with E-state index in [-0.39, 0.29) is 0 Å². The first kappa shape index (κ1) is 16.2. The van der Waals surface area contributed by atoms with Crippen LogP contribution in [0.5, 0.6) is 0 Å². The monoisotopic (exact) mass is 298 g/mol. The fourth-order valence-electron chi connectivity index (χ4n) is 3.52. The molecule has 6 nitrogen and oxygen atoms in total. The molecule has 21 heavy (non-hydrogen) atoms. The fourth-order valence-corrected chi connectivity index (χ4v) is 3.52. The second-order valence-electron chi connectivity index (χ2n) is 5.75. The van der Waals surface area contributed by atoms with Crippen LogP contribution in [0, 0.1) is 0 Å². The molecule has 0 saturated carbocycles. The van der Waals surface area contributed by atoms with E-state index in [1.54, 1.807) is 0 Å². The summed E-state index contributed by atoms with van der Waals surface area (Å²) in [5.41, 5.74) is -1.40. The number of carbonyl (C=O) groups is 2. The Kier molecular flexibility index (Phi) is 5.58. The first-order valence-corrected chi connectivity index (χ1v) is 7.85. The maximum absolute atomic E-state index is 12.6. The molecule has 0 bridgehead atoms. The molecule has 2 heterocycles. The van der Waals surface area contributed by atoms with Gasteiger partial charge in [-0.3, -0.25) is 9.80 Å². The predicted molar refractivity (Wildman–Crippen MR) is 77.6 cm³/mol. The molecule has 0 unspecified atom stereocenters. The number of hydrogen-bond donors (Lipinski definition) is 0. The summed E-state index contributed by atoms with van der Waals surface area (Å²) >= 11 is 0. The second kappa shape index (κ2) is 7.22. The van der Waals surface area contributed by atoms with Crippen LogP contribution >= 0.6 is 0 Å². The Balaban J connectivity index is 2.40. The van der Waals surface area contributed by atoms with Crippen molar-refractivity contribution < 1.29 is 19.1 Å². The molecule has 0 N–H and O–H groups in total. The molecule has 0 spiro atoms. The smallest absolute Gasteiger partial charge is 0.353 e. The van der Waals surface area contributed by atoms with E-state index in [0.29, 0.717) is 0 Å². The molecule has 0 aromatic heterocycles. The second-order valence-corrected chi connectivity index (χ2v) is 5.75. The van der Waals surface area contributed by atoms with Crippen molar-refractivity contribution >= 4 is 11.9 Å². The summed E-state index contributed by atoms with van der Waals surface area (Å²) in [6.45, 7) is 2.89. The molecule has 6 heteroatoms. The summed E-state index contributed by atoms with van der Waals surface area (Å²) in [7, 11) is 2.68. The van der Waals surface area contributed by atoms with E-state index < -0.39 is 17.6 Å². The maximum atomic E-state index is 12.6. The number of esters is 2. The summed E-state index contributed by atoms with van der Waals surface area (Å²) in [6, 6.07) is 0. The fraction of sp³-hybridized carbons (Fsp3) is 0.867. The van der Waals surface area contributed by atoms with Crippen LogP contribution in [0.25, 0.3) is 0 Å². The van der Waals surface area contributed by atoms with Crippen molar-refractivity contribution in [3.63, 3.8) is 0 Å². The molecule has 0 amide bonds. The van der Waals surface area contributed by atoms with Crippen molar-refractivity contribution in [3.05, 3.63) is 0 Å². The molecule has 0 aromatic rings. The first-order valence-electron chi connectivity index (χ1n) is 7.85. The van der Waals surface area contributed by atoms with E-state index in [1.165, 1.54) is 14.2 Å². The number of nitrogens with zero attached hydrogens (tertiary/aromatic N) is 2. The van der Waals surface area contributed by atoms with Gasteiger partial charge in [0.2, 0.25) is 0 Å². The number of piperidine rings is 2. The van der Waals surface area contributed by atoms with E-state index in [9.17, 15) is 9.59 Å². The molecular formula is C15H26N2O4. The Hall–Kier alpha value is -1.14. The van der Waals surface area contributed by atoms with Gasteiger partial charge in [0, 0.05) is 26.2 Å². The predicted octanol–water partition coefficient (Wildman–Crippen LogP) is 1.00. The highest BCUT2D eigenvalue weighted by Crippen LogP contribution is 2.30. The first-order chi connectivity index (χ1) is 10.2. The zero-order valence-electron chi connectivity index (χ0n) is 13.1. The molecule has 2 saturated heterocycles. The Morgan fingerprint density at radius 3 is 1.33 bits per heavy atom. The van der Waals surface area contributed by atoms with Gasteiger partial charge in [-0.25, -0.2) is 9.59 Å². The third-order valence-electron chi connectivity index (χ3n) is 4.57. The average Bonchev–Trinajstić information content (AvgIpc) is 2.57. The summed E-state index contributed by atoms with van der Waals surface area (Å²) in [5.74, 6) is -1.03. The van der Waals surface area contributed by atoms with Gasteiger partial charge in [0.05, 0.1) is 14.2 Å². The number of likely N-dealkylation sites (tertiary alicyclic amines) is 2. The standard InChI is InChI=1S/C15H26N2O4/c1-20-13(18)15(14(19)21-2,16-9-5-3-6-10-16)17-11-7-4-8-12-17/h3-12H2,1-2H3. The Morgan fingerprint density at radius 1 is 0.714 bits per heavy atom. The van der Waals surface area contributed by atoms with Crippen LogP contribution in [-0.4, -0.2) is 67.8 Å². The topological polar surface area (TPSA) is 59.1 Å². The van der Waals surface area contributed by atoms with Crippen molar-refractivity contribution in [2.45, 2.75) is 44.2 Å². The molecule has 0 radical (unpaired) electrons. The van der Waals surface area contributed by atoms with Crippen LogP contribution < -0.4 is 0 Å². The molecule has 0 aromatic carbocycles. The minimum absolute atomic E-state index is 0.516. The van der Waals surface area contributed by atoms with Gasteiger partial charge in [-0.05, 0) is 25.7 Å². The van der Waals surface area contributed by atoms with E-state index >= 15 is 0 Å². The number of carbonyl (C=O) groups excluding carboxylic acids is 2. The summed E-state index contributed by atoms with van der Waals surface area (Å²) < 4.78 is 10.0. The lowest BCUT2D eigenvalue weighted by atomic mass is 9.97. The number of rotatable bonds is 4. The van der Waals surface area contributed by atoms with Crippen molar-refractivity contribution in [2.24, 2.45) is 0 Å². The Labute approximate surface area is 126 Å². The van der Waals surface area contributed by atoms with Crippen LogP contribution in [0.2, 0.25) is 0 Å². The van der Waals surface area contributed by atoms with Crippen LogP contribution in [0.3, 0.4) is 0 Å². The molecular weight excluding hydrogens is 272 g/mol. The molecule has 2 rings (SSSR count). The quantitative estimate of drug-likeness (QED) is 0.570.